The van der Waals surface area contributed by atoms with Gasteiger partial charge in [-0.25, -0.2) is 9.59 Å². The van der Waals surface area contributed by atoms with E-state index in [9.17, 15) is 31.1 Å². The molecule has 16 heteroatoms. The van der Waals surface area contributed by atoms with Crippen LogP contribution in [0.2, 0.25) is 0 Å². The summed E-state index contributed by atoms with van der Waals surface area (Å²) >= 11 is 0. The molecule has 3 rings (SSSR count). The van der Waals surface area contributed by atoms with Gasteiger partial charge in [0.25, 0.3) is 0 Å². The molecule has 1 aromatic heterocycles. The van der Waals surface area contributed by atoms with Crippen molar-refractivity contribution in [1.82, 2.24) is 15.2 Å². The number of aromatic nitrogens is 1. The molecule has 0 radical (unpaired) electrons. The van der Waals surface area contributed by atoms with Gasteiger partial charge in [-0.2, -0.15) is 26.3 Å². The summed E-state index contributed by atoms with van der Waals surface area (Å²) in [5, 5.41) is 17.4. The Morgan fingerprint density at radius 2 is 1.62 bits per heavy atom. The van der Waals surface area contributed by atoms with Crippen molar-refractivity contribution >= 4 is 17.8 Å². The number of pyridine rings is 1. The maximum absolute atomic E-state index is 12.0. The zero-order chi connectivity index (χ0) is 29.9. The van der Waals surface area contributed by atoms with Crippen LogP contribution in [0.5, 0.6) is 0 Å². The first kappa shape index (κ1) is 34.0. The summed E-state index contributed by atoms with van der Waals surface area (Å²) in [5.74, 6) is -5.57. The first-order chi connectivity index (χ1) is 18.0. The van der Waals surface area contributed by atoms with E-state index < -0.39 is 24.3 Å². The van der Waals surface area contributed by atoms with Crippen LogP contribution in [0.25, 0.3) is 0 Å². The molecule has 1 atom stereocenters. The van der Waals surface area contributed by atoms with Gasteiger partial charge >= 0.3 is 24.3 Å². The van der Waals surface area contributed by atoms with Crippen molar-refractivity contribution in [3.05, 3.63) is 29.6 Å². The molecule has 0 aliphatic carbocycles. The molecule has 222 valence electrons. The monoisotopic (exact) mass is 575 g/mol. The van der Waals surface area contributed by atoms with E-state index in [1.165, 1.54) is 0 Å². The molecule has 1 amide bonds. The van der Waals surface area contributed by atoms with E-state index in [4.69, 9.17) is 29.3 Å². The lowest BCUT2D eigenvalue weighted by atomic mass is 9.69. The van der Waals surface area contributed by atoms with Crippen LogP contribution in [0.3, 0.4) is 0 Å². The van der Waals surface area contributed by atoms with Gasteiger partial charge in [-0.05, 0) is 56.8 Å². The Hall–Kier alpha value is -2.98. The molecule has 2 saturated heterocycles. The minimum absolute atomic E-state index is 0.0521. The molecule has 3 N–H and O–H groups in total. The molecule has 3 heterocycles. The quantitative estimate of drug-likeness (QED) is 0.453. The van der Waals surface area contributed by atoms with Crippen molar-refractivity contribution in [3.8, 4) is 0 Å². The Morgan fingerprint density at radius 3 is 2.08 bits per heavy atom. The second-order valence-corrected chi connectivity index (χ2v) is 8.89. The highest BCUT2D eigenvalue weighted by molar-refractivity contribution is 5.77. The molecule has 1 aromatic rings. The van der Waals surface area contributed by atoms with Gasteiger partial charge in [0.15, 0.2) is 0 Å². The molecular formula is C23H31F6N3O7. The van der Waals surface area contributed by atoms with E-state index in [0.29, 0.717) is 6.61 Å². The summed E-state index contributed by atoms with van der Waals surface area (Å²) in [7, 11) is 1.55. The lowest BCUT2D eigenvalue weighted by Gasteiger charge is -2.49. The minimum Gasteiger partial charge on any atom is -0.475 e. The van der Waals surface area contributed by atoms with Gasteiger partial charge in [0.1, 0.15) is 6.61 Å². The second-order valence-electron chi connectivity index (χ2n) is 8.89. The van der Waals surface area contributed by atoms with Crippen molar-refractivity contribution < 1.29 is 60.4 Å². The topological polar surface area (TPSA) is 138 Å². The maximum atomic E-state index is 12.0. The van der Waals surface area contributed by atoms with Crippen LogP contribution in [0.4, 0.5) is 26.3 Å². The predicted octanol–water partition coefficient (Wildman–Crippen LogP) is 2.79. The van der Waals surface area contributed by atoms with Crippen molar-refractivity contribution in [2.75, 3.05) is 40.0 Å². The van der Waals surface area contributed by atoms with Crippen LogP contribution in [0.1, 0.15) is 30.7 Å². The first-order valence-corrected chi connectivity index (χ1v) is 11.6. The number of carbonyl (C=O) groups excluding carboxylic acids is 1. The van der Waals surface area contributed by atoms with Crippen molar-refractivity contribution in [3.63, 3.8) is 0 Å². The number of hydrogen-bond acceptors (Lipinski definition) is 7. The zero-order valence-electron chi connectivity index (χ0n) is 21.3. The fourth-order valence-corrected chi connectivity index (χ4v) is 4.06. The third kappa shape index (κ3) is 12.2. The van der Waals surface area contributed by atoms with Crippen LogP contribution in [0.15, 0.2) is 18.2 Å². The minimum atomic E-state index is -5.08. The first-order valence-electron chi connectivity index (χ1n) is 11.6. The number of carboxylic acid groups (broad SMARTS) is 2. The standard InChI is InChI=1S/C19H29N3O3.2C2HF3O2/c1-15-4-3-5-16(20-15)12-22-9-6-19(7-10-22)8-11-25-13-17(19)21-18(23)14-24-2;2*3-2(4,5)1(6)7/h3-5,17H,6-14H2,1-2H3,(H,21,23);2*(H,6,7). The fourth-order valence-electron chi connectivity index (χ4n) is 4.06. The van der Waals surface area contributed by atoms with Crippen LogP contribution in [-0.2, 0) is 30.4 Å². The van der Waals surface area contributed by atoms with E-state index in [-0.39, 0.29) is 24.0 Å². The largest absolute Gasteiger partial charge is 0.490 e. The molecule has 0 aromatic carbocycles. The SMILES string of the molecule is COCC(=O)NC1COCCC12CCN(Cc1cccc(C)n1)CC2.O=C(O)C(F)(F)F.O=C(O)C(F)(F)F. The normalized spacial score (nSPS) is 19.1. The number of methoxy groups -OCH3 is 1. The van der Waals surface area contributed by atoms with Crippen LogP contribution >= 0.6 is 0 Å². The van der Waals surface area contributed by atoms with Gasteiger partial charge in [0.2, 0.25) is 5.91 Å². The Balaban J connectivity index is 0.000000449. The number of aliphatic carboxylic acids is 2. The van der Waals surface area contributed by atoms with Crippen molar-refractivity contribution in [2.45, 2.75) is 51.1 Å². The highest BCUT2D eigenvalue weighted by atomic mass is 19.4. The van der Waals surface area contributed by atoms with Gasteiger partial charge in [0, 0.05) is 26.0 Å². The predicted molar refractivity (Wildman–Crippen MR) is 123 cm³/mol. The van der Waals surface area contributed by atoms with Crippen LogP contribution in [-0.4, -0.2) is 96.4 Å². The number of piperidine rings is 1. The molecule has 2 aliphatic rings. The van der Waals surface area contributed by atoms with Crippen LogP contribution in [0, 0.1) is 12.3 Å². The Labute approximate surface area is 220 Å². The summed E-state index contributed by atoms with van der Waals surface area (Å²) in [4.78, 5) is 36.8. The third-order valence-corrected chi connectivity index (χ3v) is 6.05. The number of amides is 1. The second kappa shape index (κ2) is 15.0. The lowest BCUT2D eigenvalue weighted by Crippen LogP contribution is -2.57. The number of aryl methyl sites for hydroxylation is 1. The summed E-state index contributed by atoms with van der Waals surface area (Å²) in [6.07, 6.45) is -6.98. The molecule has 2 aliphatic heterocycles. The van der Waals surface area contributed by atoms with Gasteiger partial charge in [-0.1, -0.05) is 6.07 Å². The number of nitrogens with zero attached hydrogens (tertiary/aromatic N) is 2. The van der Waals surface area contributed by atoms with E-state index >= 15 is 0 Å². The van der Waals surface area contributed by atoms with Crippen molar-refractivity contribution in [2.24, 2.45) is 5.41 Å². The number of carbonyl (C=O) groups is 3. The average molecular weight is 576 g/mol. The summed E-state index contributed by atoms with van der Waals surface area (Å²) < 4.78 is 74.1. The number of rotatable bonds is 5. The molecule has 1 spiro atoms. The highest BCUT2D eigenvalue weighted by Gasteiger charge is 2.44. The number of ether oxygens (including phenoxy) is 2. The number of alkyl halides is 6. The van der Waals surface area contributed by atoms with E-state index in [0.717, 1.165) is 56.9 Å². The molecule has 10 nitrogen and oxygen atoms in total. The zero-order valence-corrected chi connectivity index (χ0v) is 21.3. The van der Waals surface area contributed by atoms with Gasteiger partial charge < -0.3 is 25.0 Å². The fraction of sp³-hybridized carbons (Fsp3) is 0.652. The number of hydrogen-bond donors (Lipinski definition) is 3. The van der Waals surface area contributed by atoms with Gasteiger partial charge in [0.05, 0.1) is 18.3 Å². The third-order valence-electron chi connectivity index (χ3n) is 6.05. The van der Waals surface area contributed by atoms with Gasteiger partial charge in [-0.3, -0.25) is 14.7 Å². The number of likely N-dealkylation sites (tertiary alicyclic amines) is 1. The molecule has 0 bridgehead atoms. The van der Waals surface area contributed by atoms with Crippen molar-refractivity contribution in [1.29, 1.82) is 0 Å². The molecule has 1 unspecified atom stereocenters. The molecule has 0 saturated carbocycles. The lowest BCUT2D eigenvalue weighted by molar-refractivity contribution is -0.193. The summed E-state index contributed by atoms with van der Waals surface area (Å²) in [6.45, 7) is 6.50. The van der Waals surface area contributed by atoms with E-state index in [2.05, 4.69) is 27.3 Å². The Bertz CT molecular complexity index is 927. The number of carboxylic acids is 2. The summed E-state index contributed by atoms with van der Waals surface area (Å²) in [5.41, 5.74) is 2.35. The molecule has 39 heavy (non-hydrogen) atoms. The van der Waals surface area contributed by atoms with Crippen LogP contribution < -0.4 is 5.32 Å². The maximum Gasteiger partial charge on any atom is 0.490 e. The Morgan fingerprint density at radius 1 is 1.08 bits per heavy atom. The van der Waals surface area contributed by atoms with E-state index in [1.54, 1.807) is 7.11 Å². The average Bonchev–Trinajstić information content (AvgIpc) is 2.82. The smallest absolute Gasteiger partial charge is 0.475 e. The highest BCUT2D eigenvalue weighted by Crippen LogP contribution is 2.41. The molecular weight excluding hydrogens is 544 g/mol. The number of nitrogens with one attached hydrogen (secondary N) is 1. The van der Waals surface area contributed by atoms with Gasteiger partial charge in [-0.15, -0.1) is 0 Å². The number of halogens is 6. The summed E-state index contributed by atoms with van der Waals surface area (Å²) in [6, 6.07) is 6.29. The molecule has 2 fully saturated rings. The Kier molecular flexibility index (Phi) is 13.1. The van der Waals surface area contributed by atoms with E-state index in [1.807, 2.05) is 13.0 Å².